The van der Waals surface area contributed by atoms with Gasteiger partial charge in [-0.25, -0.2) is 4.98 Å². The third-order valence-corrected chi connectivity index (χ3v) is 6.78. The number of thioether (sulfide) groups is 1. The van der Waals surface area contributed by atoms with Crippen LogP contribution in [0, 0.1) is 0 Å². The Morgan fingerprint density at radius 3 is 2.41 bits per heavy atom. The van der Waals surface area contributed by atoms with Crippen molar-refractivity contribution in [2.24, 2.45) is 7.05 Å². The number of hydrogen-bond donors (Lipinski definition) is 2. The molecule has 1 fully saturated rings. The lowest BCUT2D eigenvalue weighted by Crippen LogP contribution is -2.14. The summed E-state index contributed by atoms with van der Waals surface area (Å²) in [6.07, 6.45) is 1.09. The van der Waals surface area contributed by atoms with E-state index in [0.717, 1.165) is 52.9 Å². The number of halogens is 2. The number of nitrogens with zero attached hydrogens (tertiary/aromatic N) is 2. The highest BCUT2D eigenvalue weighted by molar-refractivity contribution is 8.00. The topological polar surface area (TPSA) is 74.3 Å². The fraction of sp³-hybridized carbons (Fsp3) is 0.240. The second-order valence-electron chi connectivity index (χ2n) is 7.93. The summed E-state index contributed by atoms with van der Waals surface area (Å²) < 4.78 is 14.0. The number of anilines is 1. The zero-order chi connectivity index (χ0) is 21.9. The highest BCUT2D eigenvalue weighted by Gasteiger charge is 2.15. The molecule has 0 spiro atoms. The largest absolute Gasteiger partial charge is 0.486 e. The summed E-state index contributed by atoms with van der Waals surface area (Å²) in [7, 11) is 2.00. The first kappa shape index (κ1) is 26.0. The minimum atomic E-state index is 0. The van der Waals surface area contributed by atoms with E-state index in [1.165, 1.54) is 5.56 Å². The first-order valence-corrected chi connectivity index (χ1v) is 11.7. The molecule has 0 aliphatic carbocycles. The van der Waals surface area contributed by atoms with Crippen molar-refractivity contribution in [3.05, 3.63) is 78.1 Å². The Morgan fingerprint density at radius 2 is 1.71 bits per heavy atom. The molecule has 4 aromatic rings. The normalized spacial score (nSPS) is 14.9. The number of rotatable bonds is 7. The predicted octanol–water partition coefficient (Wildman–Crippen LogP) is 5.58. The van der Waals surface area contributed by atoms with E-state index in [9.17, 15) is 0 Å². The van der Waals surface area contributed by atoms with Gasteiger partial charge in [-0.3, -0.25) is 0 Å². The quantitative estimate of drug-likeness (QED) is 0.311. The second kappa shape index (κ2) is 11.7. The number of hydrogen-bond acceptors (Lipinski definition) is 6. The fourth-order valence-corrected chi connectivity index (χ4v) is 4.82. The smallest absolute Gasteiger partial charge is 0.147 e. The minimum Gasteiger partial charge on any atom is -0.486 e. The van der Waals surface area contributed by atoms with E-state index in [1.54, 1.807) is 0 Å². The highest BCUT2D eigenvalue weighted by Crippen LogP contribution is 2.27. The van der Waals surface area contributed by atoms with Gasteiger partial charge < -0.3 is 25.1 Å². The maximum atomic E-state index is 6.02. The number of nitrogen functional groups attached to an aromatic ring is 1. The van der Waals surface area contributed by atoms with Gasteiger partial charge in [0.05, 0.1) is 11.0 Å². The van der Waals surface area contributed by atoms with Crippen LogP contribution in [0.15, 0.2) is 66.7 Å². The van der Waals surface area contributed by atoms with Crippen LogP contribution in [-0.2, 0) is 20.1 Å². The lowest BCUT2D eigenvalue weighted by Gasteiger charge is -2.10. The molecule has 3 N–H and O–H groups in total. The molecule has 0 radical (unpaired) electrons. The molecule has 6 nitrogen and oxygen atoms in total. The number of nitrogens with one attached hydrogen (secondary N) is 1. The zero-order valence-electron chi connectivity index (χ0n) is 18.8. The predicted molar refractivity (Wildman–Crippen MR) is 145 cm³/mol. The standard InChI is InChI=1S/C25H26N4O2S.2ClH/c1-29-24-13-21(31-20-8-4-18(26)5-9-20)10-11-23(24)28-25(29)15-30-19-6-2-17(3-7-19)12-22-14-27-16-32-22;;/h2-11,13,22,27H,12,14-16,26H2,1H3;2*1H. The first-order valence-electron chi connectivity index (χ1n) is 10.7. The molecule has 1 atom stereocenters. The van der Waals surface area contributed by atoms with Crippen LogP contribution in [-0.4, -0.2) is 27.2 Å². The third-order valence-electron chi connectivity index (χ3n) is 5.61. The van der Waals surface area contributed by atoms with Crippen molar-refractivity contribution >= 4 is 53.3 Å². The van der Waals surface area contributed by atoms with Gasteiger partial charge in [0, 0.05) is 36.5 Å². The van der Waals surface area contributed by atoms with Crippen molar-refractivity contribution in [1.29, 1.82) is 0 Å². The van der Waals surface area contributed by atoms with Crippen molar-refractivity contribution in [3.63, 3.8) is 0 Å². The molecule has 0 saturated carbocycles. The Labute approximate surface area is 216 Å². The van der Waals surface area contributed by atoms with Gasteiger partial charge in [0.25, 0.3) is 0 Å². The maximum Gasteiger partial charge on any atom is 0.147 e. The van der Waals surface area contributed by atoms with E-state index in [4.69, 9.17) is 20.2 Å². The number of aromatic nitrogens is 2. The molecule has 180 valence electrons. The van der Waals surface area contributed by atoms with Gasteiger partial charge in [-0.05, 0) is 60.5 Å². The molecular formula is C25H28Cl2N4O2S. The Hall–Kier alpha value is -2.58. The van der Waals surface area contributed by atoms with E-state index in [0.29, 0.717) is 17.5 Å². The van der Waals surface area contributed by atoms with Crippen LogP contribution in [0.1, 0.15) is 11.4 Å². The number of ether oxygens (including phenoxy) is 2. The Kier molecular flexibility index (Phi) is 8.97. The molecule has 1 saturated heterocycles. The van der Waals surface area contributed by atoms with E-state index in [1.807, 2.05) is 78.0 Å². The van der Waals surface area contributed by atoms with Crippen molar-refractivity contribution in [1.82, 2.24) is 14.9 Å². The highest BCUT2D eigenvalue weighted by atomic mass is 35.5. The van der Waals surface area contributed by atoms with Gasteiger partial charge in [-0.2, -0.15) is 0 Å². The SMILES string of the molecule is Cl.Cl.Cn1c(COc2ccc(CC3CNCS3)cc2)nc2ccc(Oc3ccc(N)cc3)cc21. The summed E-state index contributed by atoms with van der Waals surface area (Å²) in [5.41, 5.74) is 9.71. The molecule has 1 unspecified atom stereocenters. The van der Waals surface area contributed by atoms with E-state index < -0.39 is 0 Å². The van der Waals surface area contributed by atoms with Crippen LogP contribution >= 0.6 is 36.6 Å². The fourth-order valence-electron chi connectivity index (χ4n) is 3.80. The summed E-state index contributed by atoms with van der Waals surface area (Å²) in [5, 5.41) is 4.06. The number of imidazole rings is 1. The number of nitrogens with two attached hydrogens (primary N) is 1. The van der Waals surface area contributed by atoms with Gasteiger partial charge in [0.1, 0.15) is 29.7 Å². The van der Waals surface area contributed by atoms with E-state index >= 15 is 0 Å². The molecule has 9 heteroatoms. The van der Waals surface area contributed by atoms with E-state index in [-0.39, 0.29) is 24.8 Å². The average Bonchev–Trinajstić information content (AvgIpc) is 3.43. The second-order valence-corrected chi connectivity index (χ2v) is 9.22. The van der Waals surface area contributed by atoms with Crippen LogP contribution in [0.25, 0.3) is 11.0 Å². The minimum absolute atomic E-state index is 0. The molecule has 0 bridgehead atoms. The van der Waals surface area contributed by atoms with Crippen LogP contribution in [0.4, 0.5) is 5.69 Å². The Balaban J connectivity index is 0.00000162. The number of fused-ring (bicyclic) bond motifs is 1. The summed E-state index contributed by atoms with van der Waals surface area (Å²) in [6.45, 7) is 1.49. The van der Waals surface area contributed by atoms with Gasteiger partial charge in [0.2, 0.25) is 0 Å². The maximum absolute atomic E-state index is 6.02. The molecule has 1 aliphatic rings. The summed E-state index contributed by atoms with van der Waals surface area (Å²) >= 11 is 1.99. The van der Waals surface area contributed by atoms with Crippen LogP contribution in [0.2, 0.25) is 0 Å². The molecule has 1 aliphatic heterocycles. The van der Waals surface area contributed by atoms with E-state index in [2.05, 4.69) is 17.4 Å². The lowest BCUT2D eigenvalue weighted by atomic mass is 10.1. The monoisotopic (exact) mass is 518 g/mol. The van der Waals surface area contributed by atoms with Crippen LogP contribution in [0.5, 0.6) is 17.2 Å². The molecule has 2 heterocycles. The molecule has 34 heavy (non-hydrogen) atoms. The number of aryl methyl sites for hydroxylation is 1. The average molecular weight is 519 g/mol. The van der Waals surface area contributed by atoms with Crippen molar-refractivity contribution < 1.29 is 9.47 Å². The van der Waals surface area contributed by atoms with Gasteiger partial charge in [-0.15, -0.1) is 36.6 Å². The molecule has 5 rings (SSSR count). The van der Waals surface area contributed by atoms with Gasteiger partial charge >= 0.3 is 0 Å². The van der Waals surface area contributed by atoms with Crippen molar-refractivity contribution in [2.45, 2.75) is 18.3 Å². The Morgan fingerprint density at radius 1 is 1.00 bits per heavy atom. The first-order chi connectivity index (χ1) is 15.6. The molecule has 0 amide bonds. The zero-order valence-corrected chi connectivity index (χ0v) is 21.2. The molecular weight excluding hydrogens is 491 g/mol. The third kappa shape index (κ3) is 6.10. The van der Waals surface area contributed by atoms with Gasteiger partial charge in [0.15, 0.2) is 0 Å². The molecule has 3 aromatic carbocycles. The summed E-state index contributed by atoms with van der Waals surface area (Å²) in [6, 6.07) is 21.7. The lowest BCUT2D eigenvalue weighted by molar-refractivity contribution is 0.292. The van der Waals surface area contributed by atoms with Crippen LogP contribution < -0.4 is 20.5 Å². The Bertz CT molecular complexity index is 1210. The van der Waals surface area contributed by atoms with Crippen molar-refractivity contribution in [2.75, 3.05) is 18.2 Å². The summed E-state index contributed by atoms with van der Waals surface area (Å²) in [4.78, 5) is 4.73. The number of benzene rings is 3. The summed E-state index contributed by atoms with van der Waals surface area (Å²) in [5.74, 6) is 4.27. The molecule has 1 aromatic heterocycles. The van der Waals surface area contributed by atoms with Gasteiger partial charge in [-0.1, -0.05) is 12.1 Å². The van der Waals surface area contributed by atoms with Crippen molar-refractivity contribution in [3.8, 4) is 17.2 Å². The van der Waals surface area contributed by atoms with Crippen LogP contribution in [0.3, 0.4) is 0 Å².